The lowest BCUT2D eigenvalue weighted by Crippen LogP contribution is -2.25. The summed E-state index contributed by atoms with van der Waals surface area (Å²) in [6.45, 7) is 2.75. The number of unbranched alkanes of at least 4 members (excludes halogenated alkanes) is 3. The van der Waals surface area contributed by atoms with Crippen LogP contribution in [0.25, 0.3) is 0 Å². The van der Waals surface area contributed by atoms with Gasteiger partial charge in [-0.3, -0.25) is 9.59 Å². The summed E-state index contributed by atoms with van der Waals surface area (Å²) in [4.78, 5) is 26.5. The van der Waals surface area contributed by atoms with E-state index in [-0.39, 0.29) is 11.6 Å². The van der Waals surface area contributed by atoms with Crippen molar-refractivity contribution in [2.45, 2.75) is 32.6 Å². The average molecular weight is 294 g/mol. The van der Waals surface area contributed by atoms with Crippen LogP contribution in [0.1, 0.15) is 43.1 Å². The first kappa shape index (κ1) is 16.8. The molecule has 1 N–H and O–H groups in total. The first-order valence-corrected chi connectivity index (χ1v) is 6.99. The summed E-state index contributed by atoms with van der Waals surface area (Å²) in [6.07, 6.45) is 6.36. The van der Waals surface area contributed by atoms with Crippen molar-refractivity contribution in [1.82, 2.24) is 19.9 Å². The molecule has 0 spiro atoms. The van der Waals surface area contributed by atoms with Crippen LogP contribution in [-0.2, 0) is 11.8 Å². The van der Waals surface area contributed by atoms with Gasteiger partial charge in [-0.25, -0.2) is 9.99 Å². The molecule has 0 saturated heterocycles. The van der Waals surface area contributed by atoms with E-state index in [1.165, 1.54) is 13.4 Å². The van der Waals surface area contributed by atoms with E-state index < -0.39 is 0 Å². The van der Waals surface area contributed by atoms with E-state index in [2.05, 4.69) is 27.6 Å². The predicted molar refractivity (Wildman–Crippen MR) is 78.0 cm³/mol. The van der Waals surface area contributed by atoms with E-state index in [1.54, 1.807) is 11.6 Å². The lowest BCUT2D eigenvalue weighted by atomic mass is 10.2. The molecule has 0 fully saturated rings. The molecule has 8 heteroatoms. The zero-order valence-corrected chi connectivity index (χ0v) is 12.7. The smallest absolute Gasteiger partial charge is 0.273 e. The molecule has 21 heavy (non-hydrogen) atoms. The molecular formula is C13H22N6O2. The van der Waals surface area contributed by atoms with Crippen LogP contribution in [0.5, 0.6) is 0 Å². The molecule has 116 valence electrons. The quantitative estimate of drug-likeness (QED) is 0.326. The molecule has 0 aromatic carbocycles. The van der Waals surface area contributed by atoms with E-state index in [0.717, 1.165) is 30.7 Å². The summed E-state index contributed by atoms with van der Waals surface area (Å²) in [6, 6.07) is 0. The summed E-state index contributed by atoms with van der Waals surface area (Å²) in [7, 11) is 3.17. The fourth-order valence-corrected chi connectivity index (χ4v) is 1.67. The summed E-state index contributed by atoms with van der Waals surface area (Å²) in [5, 5.41) is 11.4. The average Bonchev–Trinajstić information content (AvgIpc) is 2.85. The first-order valence-electron chi connectivity index (χ1n) is 6.99. The number of nitrogens with one attached hydrogen (secondary N) is 1. The highest BCUT2D eigenvalue weighted by Crippen LogP contribution is 2.17. The van der Waals surface area contributed by atoms with Gasteiger partial charge in [0.15, 0.2) is 11.5 Å². The van der Waals surface area contributed by atoms with Crippen LogP contribution in [0.3, 0.4) is 0 Å². The highest BCUT2D eigenvalue weighted by atomic mass is 16.2. The Balaban J connectivity index is 2.63. The molecule has 0 aliphatic carbocycles. The second-order valence-electron chi connectivity index (χ2n) is 4.71. The fraction of sp³-hybridized carbons (Fsp3) is 0.615. The van der Waals surface area contributed by atoms with Crippen LogP contribution in [0.4, 0.5) is 5.82 Å². The molecule has 0 radical (unpaired) electrons. The zero-order valence-electron chi connectivity index (χ0n) is 12.7. The van der Waals surface area contributed by atoms with Crippen LogP contribution in [-0.4, -0.2) is 40.5 Å². The van der Waals surface area contributed by atoms with Crippen molar-refractivity contribution in [3.8, 4) is 0 Å². The maximum atomic E-state index is 12.1. The van der Waals surface area contributed by atoms with Gasteiger partial charge in [0.2, 0.25) is 6.41 Å². The number of carbonyl (C=O) groups excluding carboxylic acids is 2. The van der Waals surface area contributed by atoms with E-state index in [4.69, 9.17) is 0 Å². The van der Waals surface area contributed by atoms with Gasteiger partial charge in [0, 0.05) is 20.6 Å². The summed E-state index contributed by atoms with van der Waals surface area (Å²) >= 11 is 0. The van der Waals surface area contributed by atoms with E-state index in [0.29, 0.717) is 18.8 Å². The molecule has 1 aromatic rings. The second kappa shape index (κ2) is 8.83. The number of aromatic nitrogens is 2. The van der Waals surface area contributed by atoms with E-state index >= 15 is 0 Å². The van der Waals surface area contributed by atoms with E-state index in [9.17, 15) is 9.59 Å². The van der Waals surface area contributed by atoms with Gasteiger partial charge in [-0.1, -0.05) is 31.4 Å². The van der Waals surface area contributed by atoms with Crippen molar-refractivity contribution >= 4 is 18.1 Å². The maximum Gasteiger partial charge on any atom is 0.273 e. The third-order valence-electron chi connectivity index (χ3n) is 2.87. The van der Waals surface area contributed by atoms with Gasteiger partial charge >= 0.3 is 0 Å². The molecule has 8 nitrogen and oxygen atoms in total. The Labute approximate surface area is 124 Å². The SMILES string of the molecule is CCCCCCNC(=O)c1ncn(C)c1N=NN(C)C=O. The molecule has 1 aromatic heterocycles. The van der Waals surface area contributed by atoms with Gasteiger partial charge in [-0.05, 0) is 6.42 Å². The molecule has 0 saturated carbocycles. The number of hydrogen-bond donors (Lipinski definition) is 1. The summed E-state index contributed by atoms with van der Waals surface area (Å²) < 4.78 is 1.58. The lowest BCUT2D eigenvalue weighted by molar-refractivity contribution is -0.117. The minimum absolute atomic E-state index is 0.205. The maximum absolute atomic E-state index is 12.1. The number of carbonyl (C=O) groups is 2. The third-order valence-corrected chi connectivity index (χ3v) is 2.87. The molecule has 0 aliphatic rings. The Kier molecular flexibility index (Phi) is 7.06. The van der Waals surface area contributed by atoms with Crippen LogP contribution in [0.2, 0.25) is 0 Å². The van der Waals surface area contributed by atoms with Gasteiger partial charge in [0.1, 0.15) is 0 Å². The first-order chi connectivity index (χ1) is 10.1. The highest BCUT2D eigenvalue weighted by Gasteiger charge is 2.16. The van der Waals surface area contributed by atoms with Gasteiger partial charge in [-0.15, -0.1) is 5.11 Å². The topological polar surface area (TPSA) is 91.9 Å². The normalized spacial score (nSPS) is 10.8. The predicted octanol–water partition coefficient (Wildman–Crippen LogP) is 1.82. The van der Waals surface area contributed by atoms with Crippen molar-refractivity contribution in [2.75, 3.05) is 13.6 Å². The Morgan fingerprint density at radius 1 is 1.48 bits per heavy atom. The van der Waals surface area contributed by atoms with Gasteiger partial charge in [0.05, 0.1) is 6.33 Å². The number of hydrogen-bond acceptors (Lipinski definition) is 5. The van der Waals surface area contributed by atoms with Crippen LogP contribution >= 0.6 is 0 Å². The summed E-state index contributed by atoms with van der Waals surface area (Å²) in [5.41, 5.74) is 0.205. The minimum atomic E-state index is -0.283. The Hall–Kier alpha value is -2.25. The third kappa shape index (κ3) is 5.33. The van der Waals surface area contributed by atoms with Gasteiger partial charge in [-0.2, -0.15) is 0 Å². The molecule has 1 heterocycles. The number of imidazole rings is 1. The van der Waals surface area contributed by atoms with Crippen molar-refractivity contribution in [3.63, 3.8) is 0 Å². The Bertz CT molecular complexity index is 497. The van der Waals surface area contributed by atoms with Gasteiger partial charge in [0.25, 0.3) is 5.91 Å². The number of nitrogens with zero attached hydrogens (tertiary/aromatic N) is 5. The number of amides is 2. The minimum Gasteiger partial charge on any atom is -0.351 e. The molecule has 1 rings (SSSR count). The molecule has 2 amide bonds. The van der Waals surface area contributed by atoms with Gasteiger partial charge < -0.3 is 9.88 Å². The standard InChI is InChI=1S/C13H22N6O2/c1-4-5-6-7-8-14-13(21)11-12(18(2)9-15-11)16-17-19(3)10-20/h9-10H,4-8H2,1-3H3,(H,14,21). The van der Waals surface area contributed by atoms with Crippen LogP contribution < -0.4 is 5.32 Å². The number of rotatable bonds is 9. The summed E-state index contributed by atoms with van der Waals surface area (Å²) in [5.74, 6) is 0.0320. The van der Waals surface area contributed by atoms with E-state index in [1.807, 2.05) is 0 Å². The largest absolute Gasteiger partial charge is 0.351 e. The Morgan fingerprint density at radius 3 is 2.90 bits per heavy atom. The lowest BCUT2D eigenvalue weighted by Gasteiger charge is -2.04. The highest BCUT2D eigenvalue weighted by molar-refractivity contribution is 5.96. The Morgan fingerprint density at radius 2 is 2.24 bits per heavy atom. The molecular weight excluding hydrogens is 272 g/mol. The van der Waals surface area contributed by atoms with Crippen molar-refractivity contribution < 1.29 is 9.59 Å². The van der Waals surface area contributed by atoms with Crippen LogP contribution in [0.15, 0.2) is 16.7 Å². The van der Waals surface area contributed by atoms with Crippen molar-refractivity contribution in [2.24, 2.45) is 17.4 Å². The monoisotopic (exact) mass is 294 g/mol. The molecule has 0 atom stereocenters. The number of aryl methyl sites for hydroxylation is 1. The molecule has 0 unspecified atom stereocenters. The molecule has 0 aliphatic heterocycles. The van der Waals surface area contributed by atoms with Crippen LogP contribution in [0, 0.1) is 0 Å². The zero-order chi connectivity index (χ0) is 15.7. The second-order valence-corrected chi connectivity index (χ2v) is 4.71. The van der Waals surface area contributed by atoms with Crippen molar-refractivity contribution in [1.29, 1.82) is 0 Å². The van der Waals surface area contributed by atoms with Crippen molar-refractivity contribution in [3.05, 3.63) is 12.0 Å². The molecule has 0 bridgehead atoms. The fourth-order valence-electron chi connectivity index (χ4n) is 1.67.